The van der Waals surface area contributed by atoms with Gasteiger partial charge >= 0.3 is 5.97 Å². The quantitative estimate of drug-likeness (QED) is 0.198. The molecule has 0 radical (unpaired) electrons. The molecule has 0 heterocycles. The number of esters is 1. The van der Waals surface area contributed by atoms with Crippen molar-refractivity contribution in [3.05, 3.63) is 39.9 Å². The molecule has 1 aromatic carbocycles. The minimum Gasteiger partial charge on any atom is -0.457 e. The fourth-order valence-corrected chi connectivity index (χ4v) is 2.35. The zero-order chi connectivity index (χ0) is 19.9. The number of nitrogens with zero attached hydrogens (tertiary/aromatic N) is 1. The molecule has 27 heavy (non-hydrogen) atoms. The van der Waals surface area contributed by atoms with Crippen molar-refractivity contribution in [2.45, 2.75) is 39.2 Å². The van der Waals surface area contributed by atoms with Crippen LogP contribution >= 0.6 is 0 Å². The van der Waals surface area contributed by atoms with Gasteiger partial charge in [0, 0.05) is 12.7 Å². The molecule has 0 spiro atoms. The molecule has 1 rings (SSSR count). The number of para-hydroxylation sites is 1. The highest BCUT2D eigenvalue weighted by molar-refractivity contribution is 5.70. The molecule has 0 aliphatic rings. The van der Waals surface area contributed by atoms with Crippen molar-refractivity contribution in [3.8, 4) is 0 Å². The largest absolute Gasteiger partial charge is 0.457 e. The van der Waals surface area contributed by atoms with Crippen LogP contribution in [0.4, 0.5) is 5.69 Å². The van der Waals surface area contributed by atoms with Gasteiger partial charge in [0.25, 0.3) is 5.69 Å². The third-order valence-corrected chi connectivity index (χ3v) is 3.67. The first kappa shape index (κ1) is 23.0. The highest BCUT2D eigenvalue weighted by atomic mass is 16.6. The summed E-state index contributed by atoms with van der Waals surface area (Å²) in [7, 11) is 0. The lowest BCUT2D eigenvalue weighted by Gasteiger charge is -2.16. The zero-order valence-corrected chi connectivity index (χ0v) is 16.1. The minimum atomic E-state index is -0.648. The van der Waals surface area contributed by atoms with Crippen LogP contribution in [-0.2, 0) is 23.7 Å². The van der Waals surface area contributed by atoms with Crippen LogP contribution in [0.3, 0.4) is 0 Å². The molecule has 0 saturated heterocycles. The van der Waals surface area contributed by atoms with Crippen LogP contribution in [0, 0.1) is 10.1 Å². The van der Waals surface area contributed by atoms with Gasteiger partial charge in [-0.05, 0) is 18.9 Å². The van der Waals surface area contributed by atoms with Gasteiger partial charge in [0.15, 0.2) is 0 Å². The minimum absolute atomic E-state index is 0.0477. The van der Waals surface area contributed by atoms with Gasteiger partial charge in [0.05, 0.1) is 49.9 Å². The molecule has 0 aromatic heterocycles. The van der Waals surface area contributed by atoms with Crippen molar-refractivity contribution < 1.29 is 28.7 Å². The molecule has 0 N–H and O–H groups in total. The van der Waals surface area contributed by atoms with Gasteiger partial charge in [-0.3, -0.25) is 14.9 Å². The molecule has 0 fully saturated rings. The van der Waals surface area contributed by atoms with E-state index in [1.54, 1.807) is 18.2 Å². The molecule has 0 aliphatic carbocycles. The average molecular weight is 383 g/mol. The van der Waals surface area contributed by atoms with Crippen LogP contribution in [0.5, 0.6) is 0 Å². The van der Waals surface area contributed by atoms with Gasteiger partial charge < -0.3 is 18.9 Å². The first-order valence-electron chi connectivity index (χ1n) is 9.26. The predicted octanol–water partition coefficient (Wildman–Crippen LogP) is 3.44. The lowest BCUT2D eigenvalue weighted by molar-refractivity contribution is -0.386. The number of rotatable bonds is 15. The van der Waals surface area contributed by atoms with Crippen LogP contribution in [0.2, 0.25) is 0 Å². The Labute approximate surface area is 159 Å². The fourth-order valence-electron chi connectivity index (χ4n) is 2.35. The van der Waals surface area contributed by atoms with Crippen LogP contribution in [0.1, 0.15) is 44.8 Å². The number of carbonyl (C=O) groups is 1. The lowest BCUT2D eigenvalue weighted by atomic mass is 10.1. The molecule has 152 valence electrons. The van der Waals surface area contributed by atoms with Crippen molar-refractivity contribution in [3.63, 3.8) is 0 Å². The lowest BCUT2D eigenvalue weighted by Crippen LogP contribution is -2.15. The summed E-state index contributed by atoms with van der Waals surface area (Å²) in [5.74, 6) is -0.450. The monoisotopic (exact) mass is 383 g/mol. The van der Waals surface area contributed by atoms with E-state index in [-0.39, 0.29) is 18.7 Å². The average Bonchev–Trinajstić information content (AvgIpc) is 2.67. The van der Waals surface area contributed by atoms with Crippen LogP contribution in [0.15, 0.2) is 24.3 Å². The molecule has 0 amide bonds. The van der Waals surface area contributed by atoms with Crippen molar-refractivity contribution in [2.75, 3.05) is 39.6 Å². The summed E-state index contributed by atoms with van der Waals surface area (Å²) in [6.45, 7) is 6.68. The number of ether oxygens (including phenoxy) is 4. The second kappa shape index (κ2) is 14.1. The molecular formula is C19H29NO7. The Bertz CT molecular complexity index is 565. The number of hydrogen-bond acceptors (Lipinski definition) is 7. The Kier molecular flexibility index (Phi) is 12.0. The molecule has 0 saturated carbocycles. The molecule has 1 unspecified atom stereocenters. The summed E-state index contributed by atoms with van der Waals surface area (Å²) in [5, 5.41) is 11.1. The number of nitro benzene ring substituents is 1. The van der Waals surface area contributed by atoms with Crippen molar-refractivity contribution in [1.29, 1.82) is 0 Å². The van der Waals surface area contributed by atoms with Gasteiger partial charge in [-0.25, -0.2) is 0 Å². The van der Waals surface area contributed by atoms with Gasteiger partial charge in [-0.2, -0.15) is 0 Å². The van der Waals surface area contributed by atoms with Gasteiger partial charge in [0.1, 0.15) is 6.10 Å². The number of benzene rings is 1. The number of nitro groups is 1. The van der Waals surface area contributed by atoms with Gasteiger partial charge in [0.2, 0.25) is 0 Å². The van der Waals surface area contributed by atoms with E-state index in [9.17, 15) is 14.9 Å². The van der Waals surface area contributed by atoms with Crippen molar-refractivity contribution in [2.24, 2.45) is 0 Å². The number of hydrogen-bond donors (Lipinski definition) is 0. The summed E-state index contributed by atoms with van der Waals surface area (Å²) < 4.78 is 21.3. The fraction of sp³-hybridized carbons (Fsp3) is 0.632. The van der Waals surface area contributed by atoms with E-state index in [4.69, 9.17) is 18.9 Å². The van der Waals surface area contributed by atoms with E-state index in [1.807, 2.05) is 13.8 Å². The zero-order valence-electron chi connectivity index (χ0n) is 16.1. The third-order valence-electron chi connectivity index (χ3n) is 3.67. The predicted molar refractivity (Wildman–Crippen MR) is 99.6 cm³/mol. The maximum Gasteiger partial charge on any atom is 0.308 e. The first-order valence-corrected chi connectivity index (χ1v) is 9.26. The van der Waals surface area contributed by atoms with Crippen LogP contribution < -0.4 is 0 Å². The van der Waals surface area contributed by atoms with E-state index < -0.39 is 17.0 Å². The number of carbonyl (C=O) groups excluding carboxylic acids is 1. The molecule has 1 atom stereocenters. The summed E-state index contributed by atoms with van der Waals surface area (Å²) in [6, 6.07) is 6.29. The molecule has 8 heteroatoms. The third kappa shape index (κ3) is 9.46. The summed E-state index contributed by atoms with van der Waals surface area (Å²) >= 11 is 0. The first-order chi connectivity index (χ1) is 13.1. The van der Waals surface area contributed by atoms with Crippen molar-refractivity contribution >= 4 is 11.7 Å². The normalized spacial score (nSPS) is 11.9. The van der Waals surface area contributed by atoms with E-state index >= 15 is 0 Å². The smallest absolute Gasteiger partial charge is 0.308 e. The standard InChI is InChI=1S/C19H29NO7/c1-3-10-24-12-14-26-15-13-25-11-9-19(21)27-18(4-2)16-7-5-6-8-17(16)20(22)23/h5-8,18H,3-4,9-15H2,1-2H3. The van der Waals surface area contributed by atoms with Crippen LogP contribution in [-0.4, -0.2) is 50.5 Å². The highest BCUT2D eigenvalue weighted by Gasteiger charge is 2.23. The topological polar surface area (TPSA) is 97.1 Å². The highest BCUT2D eigenvalue weighted by Crippen LogP contribution is 2.29. The molecule has 1 aromatic rings. The summed E-state index contributed by atoms with van der Waals surface area (Å²) in [4.78, 5) is 22.6. The van der Waals surface area contributed by atoms with Crippen molar-refractivity contribution in [1.82, 2.24) is 0 Å². The molecule has 8 nitrogen and oxygen atoms in total. The Hall–Kier alpha value is -2.03. The van der Waals surface area contributed by atoms with Crippen LogP contribution in [0.25, 0.3) is 0 Å². The van der Waals surface area contributed by atoms with E-state index in [0.717, 1.165) is 13.0 Å². The van der Waals surface area contributed by atoms with E-state index in [2.05, 4.69) is 0 Å². The summed E-state index contributed by atoms with van der Waals surface area (Å²) in [5.41, 5.74) is 0.353. The second-order valence-electron chi connectivity index (χ2n) is 5.79. The Morgan fingerprint density at radius 3 is 2.19 bits per heavy atom. The SMILES string of the molecule is CCCOCCOCCOCCC(=O)OC(CC)c1ccccc1[N+](=O)[O-]. The summed E-state index contributed by atoms with van der Waals surface area (Å²) in [6.07, 6.45) is 0.864. The van der Waals surface area contributed by atoms with Gasteiger partial charge in [-0.1, -0.05) is 26.0 Å². The maximum absolute atomic E-state index is 12.0. The van der Waals surface area contributed by atoms with E-state index in [0.29, 0.717) is 38.4 Å². The molecule has 0 bridgehead atoms. The second-order valence-corrected chi connectivity index (χ2v) is 5.79. The van der Waals surface area contributed by atoms with Gasteiger partial charge in [-0.15, -0.1) is 0 Å². The Morgan fingerprint density at radius 1 is 1.00 bits per heavy atom. The maximum atomic E-state index is 12.0. The van der Waals surface area contributed by atoms with E-state index in [1.165, 1.54) is 6.07 Å². The molecule has 0 aliphatic heterocycles. The Morgan fingerprint density at radius 2 is 1.59 bits per heavy atom. The molecular weight excluding hydrogens is 354 g/mol. The Balaban J connectivity index is 2.24.